The number of hydrogen-bond donors (Lipinski definition) is 1. The molecule has 108 valence electrons. The van der Waals surface area contributed by atoms with Crippen LogP contribution in [0.1, 0.15) is 38.2 Å². The van der Waals surface area contributed by atoms with Crippen LogP contribution in [0, 0.1) is 11.8 Å². The van der Waals surface area contributed by atoms with Crippen molar-refractivity contribution in [2.75, 3.05) is 6.54 Å². The molecule has 20 heavy (non-hydrogen) atoms. The summed E-state index contributed by atoms with van der Waals surface area (Å²) in [5, 5.41) is 5.07. The molecule has 0 aliphatic heterocycles. The predicted octanol–water partition coefficient (Wildman–Crippen LogP) is 4.09. The van der Waals surface area contributed by atoms with Crippen molar-refractivity contribution in [2.24, 2.45) is 18.9 Å². The lowest BCUT2D eigenvalue weighted by molar-refractivity contribution is 0.274. The summed E-state index contributed by atoms with van der Waals surface area (Å²) in [5.74, 6) is 1.81. The molecule has 1 aromatic carbocycles. The minimum Gasteiger partial charge on any atom is -0.350 e. The zero-order valence-electron chi connectivity index (χ0n) is 12.7. The Morgan fingerprint density at radius 1 is 1.25 bits per heavy atom. The van der Waals surface area contributed by atoms with Gasteiger partial charge in [-0.2, -0.15) is 0 Å². The van der Waals surface area contributed by atoms with Crippen LogP contribution in [-0.4, -0.2) is 11.1 Å². The van der Waals surface area contributed by atoms with Crippen molar-refractivity contribution in [3.63, 3.8) is 0 Å². The molecule has 1 heterocycles. The Bertz CT molecular complexity index is 570. The lowest BCUT2D eigenvalue weighted by Crippen LogP contribution is -2.26. The fourth-order valence-electron chi connectivity index (χ4n) is 3.72. The van der Waals surface area contributed by atoms with Crippen molar-refractivity contribution in [2.45, 2.75) is 39.2 Å². The Balaban J connectivity index is 1.60. The predicted molar refractivity (Wildman–Crippen MR) is 85.7 cm³/mol. The summed E-state index contributed by atoms with van der Waals surface area (Å²) in [4.78, 5) is 0. The molecule has 1 aromatic heterocycles. The van der Waals surface area contributed by atoms with E-state index in [4.69, 9.17) is 0 Å². The first-order chi connectivity index (χ1) is 9.74. The van der Waals surface area contributed by atoms with Gasteiger partial charge in [-0.25, -0.2) is 0 Å². The fourth-order valence-corrected chi connectivity index (χ4v) is 3.72. The minimum atomic E-state index is 0.883. The van der Waals surface area contributed by atoms with Gasteiger partial charge >= 0.3 is 0 Å². The van der Waals surface area contributed by atoms with Gasteiger partial charge in [0.25, 0.3) is 0 Å². The molecule has 1 saturated carbocycles. The number of aromatic nitrogens is 1. The van der Waals surface area contributed by atoms with Gasteiger partial charge in [0.1, 0.15) is 0 Å². The van der Waals surface area contributed by atoms with Crippen LogP contribution in [0.4, 0.5) is 0 Å². The molecule has 2 aromatic rings. The second-order valence-electron chi connectivity index (χ2n) is 6.55. The topological polar surface area (TPSA) is 17.0 Å². The second-order valence-corrected chi connectivity index (χ2v) is 6.55. The van der Waals surface area contributed by atoms with Gasteiger partial charge in [0, 0.05) is 30.7 Å². The molecular formula is C18H26N2. The standard InChI is InChI=1S/C18H26N2/c1-14-6-5-7-15(10-14)11-19-12-16-13-20(2)18-9-4-3-8-17(16)18/h3-4,8-9,13-15,19H,5-7,10-12H2,1-2H3. The second kappa shape index (κ2) is 6.01. The van der Waals surface area contributed by atoms with Gasteiger partial charge in [0.05, 0.1) is 0 Å². The molecule has 0 amide bonds. The molecule has 2 nitrogen and oxygen atoms in total. The molecule has 2 heteroatoms. The van der Waals surface area contributed by atoms with Gasteiger partial charge in [-0.1, -0.05) is 38.0 Å². The molecule has 0 saturated heterocycles. The zero-order chi connectivity index (χ0) is 13.9. The summed E-state index contributed by atoms with van der Waals surface area (Å²) < 4.78 is 2.23. The van der Waals surface area contributed by atoms with E-state index < -0.39 is 0 Å². The lowest BCUT2D eigenvalue weighted by atomic mass is 9.82. The van der Waals surface area contributed by atoms with Crippen LogP contribution in [0.2, 0.25) is 0 Å². The molecular weight excluding hydrogens is 244 g/mol. The maximum absolute atomic E-state index is 3.68. The van der Waals surface area contributed by atoms with E-state index in [1.54, 1.807) is 0 Å². The number of nitrogens with one attached hydrogen (secondary N) is 1. The van der Waals surface area contributed by atoms with Crippen molar-refractivity contribution in [3.8, 4) is 0 Å². The van der Waals surface area contributed by atoms with Gasteiger partial charge < -0.3 is 9.88 Å². The van der Waals surface area contributed by atoms with Crippen molar-refractivity contribution >= 4 is 10.9 Å². The third kappa shape index (κ3) is 2.90. The van der Waals surface area contributed by atoms with Crippen molar-refractivity contribution in [1.29, 1.82) is 0 Å². The maximum Gasteiger partial charge on any atom is 0.0481 e. The van der Waals surface area contributed by atoms with E-state index in [2.05, 4.69) is 54.3 Å². The smallest absolute Gasteiger partial charge is 0.0481 e. The number of benzene rings is 1. The highest BCUT2D eigenvalue weighted by atomic mass is 14.9. The number of rotatable bonds is 4. The van der Waals surface area contributed by atoms with Gasteiger partial charge in [-0.05, 0) is 42.9 Å². The van der Waals surface area contributed by atoms with Crippen LogP contribution in [0.5, 0.6) is 0 Å². The average Bonchev–Trinajstić information content (AvgIpc) is 2.77. The van der Waals surface area contributed by atoms with Crippen LogP contribution in [0.25, 0.3) is 10.9 Å². The number of nitrogens with zero attached hydrogens (tertiary/aromatic N) is 1. The van der Waals surface area contributed by atoms with E-state index >= 15 is 0 Å². The molecule has 3 rings (SSSR count). The summed E-state index contributed by atoms with van der Waals surface area (Å²) in [5.41, 5.74) is 2.75. The summed E-state index contributed by atoms with van der Waals surface area (Å²) in [6, 6.07) is 8.67. The highest BCUT2D eigenvalue weighted by Gasteiger charge is 2.18. The summed E-state index contributed by atoms with van der Waals surface area (Å²) >= 11 is 0. The average molecular weight is 270 g/mol. The third-order valence-corrected chi connectivity index (χ3v) is 4.77. The Kier molecular flexibility index (Phi) is 4.11. The molecule has 0 spiro atoms. The Morgan fingerprint density at radius 2 is 2.10 bits per heavy atom. The van der Waals surface area contributed by atoms with E-state index in [9.17, 15) is 0 Å². The van der Waals surface area contributed by atoms with Crippen LogP contribution in [-0.2, 0) is 13.6 Å². The lowest BCUT2D eigenvalue weighted by Gasteiger charge is -2.26. The molecule has 1 aliphatic rings. The van der Waals surface area contributed by atoms with E-state index in [0.29, 0.717) is 0 Å². The van der Waals surface area contributed by atoms with Crippen molar-refractivity contribution in [3.05, 3.63) is 36.0 Å². The number of para-hydroxylation sites is 1. The van der Waals surface area contributed by atoms with E-state index in [1.165, 1.54) is 48.7 Å². The van der Waals surface area contributed by atoms with E-state index in [-0.39, 0.29) is 0 Å². The molecule has 1 fully saturated rings. The quantitative estimate of drug-likeness (QED) is 0.885. The molecule has 0 bridgehead atoms. The number of fused-ring (bicyclic) bond motifs is 1. The van der Waals surface area contributed by atoms with Gasteiger partial charge in [-0.3, -0.25) is 0 Å². The van der Waals surface area contributed by atoms with Gasteiger partial charge in [0.2, 0.25) is 0 Å². The zero-order valence-corrected chi connectivity index (χ0v) is 12.7. The van der Waals surface area contributed by atoms with Crippen LogP contribution >= 0.6 is 0 Å². The molecule has 0 radical (unpaired) electrons. The monoisotopic (exact) mass is 270 g/mol. The van der Waals surface area contributed by atoms with Crippen LogP contribution in [0.15, 0.2) is 30.5 Å². The Hall–Kier alpha value is -1.28. The molecule has 2 unspecified atom stereocenters. The van der Waals surface area contributed by atoms with Gasteiger partial charge in [0.15, 0.2) is 0 Å². The third-order valence-electron chi connectivity index (χ3n) is 4.77. The highest BCUT2D eigenvalue weighted by Crippen LogP contribution is 2.28. The first-order valence-corrected chi connectivity index (χ1v) is 7.97. The van der Waals surface area contributed by atoms with Crippen LogP contribution in [0.3, 0.4) is 0 Å². The highest BCUT2D eigenvalue weighted by molar-refractivity contribution is 5.83. The molecule has 1 N–H and O–H groups in total. The fraction of sp³-hybridized carbons (Fsp3) is 0.556. The minimum absolute atomic E-state index is 0.883. The van der Waals surface area contributed by atoms with Gasteiger partial charge in [-0.15, -0.1) is 0 Å². The van der Waals surface area contributed by atoms with Crippen molar-refractivity contribution in [1.82, 2.24) is 9.88 Å². The Morgan fingerprint density at radius 3 is 2.95 bits per heavy atom. The first kappa shape index (κ1) is 13.7. The van der Waals surface area contributed by atoms with E-state index in [0.717, 1.165) is 18.4 Å². The first-order valence-electron chi connectivity index (χ1n) is 7.97. The summed E-state index contributed by atoms with van der Waals surface area (Å²) in [7, 11) is 2.13. The normalized spacial score (nSPS) is 23.3. The van der Waals surface area contributed by atoms with Crippen LogP contribution < -0.4 is 5.32 Å². The maximum atomic E-state index is 3.68. The molecule has 2 atom stereocenters. The number of hydrogen-bond acceptors (Lipinski definition) is 1. The van der Waals surface area contributed by atoms with Crippen molar-refractivity contribution < 1.29 is 0 Å². The summed E-state index contributed by atoms with van der Waals surface area (Å²) in [6.07, 6.45) is 7.93. The number of aryl methyl sites for hydroxylation is 1. The SMILES string of the molecule is CC1CCCC(CNCc2cn(C)c3ccccc23)C1. The molecule has 1 aliphatic carbocycles. The Labute approximate surface area is 122 Å². The summed E-state index contributed by atoms with van der Waals surface area (Å²) in [6.45, 7) is 4.57. The largest absolute Gasteiger partial charge is 0.350 e. The van der Waals surface area contributed by atoms with E-state index in [1.807, 2.05) is 0 Å².